The molecular formula is C17H26N2O4. The highest BCUT2D eigenvalue weighted by Gasteiger charge is 2.12. The van der Waals surface area contributed by atoms with Gasteiger partial charge in [0.2, 0.25) is 12.3 Å². The van der Waals surface area contributed by atoms with E-state index in [-0.39, 0.29) is 12.5 Å². The molecule has 0 bridgehead atoms. The zero-order chi connectivity index (χ0) is 17.7. The van der Waals surface area contributed by atoms with Gasteiger partial charge in [0.15, 0.2) is 0 Å². The third-order valence-electron chi connectivity index (χ3n) is 3.13. The van der Waals surface area contributed by atoms with E-state index < -0.39 is 0 Å². The first-order valence-electron chi connectivity index (χ1n) is 7.50. The molecule has 23 heavy (non-hydrogen) atoms. The van der Waals surface area contributed by atoms with Crippen molar-refractivity contribution >= 4 is 18.6 Å². The number of nitrogens with zero attached hydrogens (tertiary/aromatic N) is 1. The van der Waals surface area contributed by atoms with Gasteiger partial charge in [-0.05, 0) is 25.0 Å². The quantitative estimate of drug-likeness (QED) is 0.739. The van der Waals surface area contributed by atoms with E-state index in [0.717, 1.165) is 29.6 Å². The van der Waals surface area contributed by atoms with Gasteiger partial charge in [-0.2, -0.15) is 0 Å². The van der Waals surface area contributed by atoms with Crippen LogP contribution in [0.3, 0.4) is 0 Å². The van der Waals surface area contributed by atoms with Crippen LogP contribution in [-0.2, 0) is 20.9 Å². The van der Waals surface area contributed by atoms with Crippen molar-refractivity contribution in [1.82, 2.24) is 10.2 Å². The lowest BCUT2D eigenvalue weighted by molar-refractivity contribution is -0.128. The molecule has 0 aromatic heterocycles. The highest BCUT2D eigenvalue weighted by molar-refractivity contribution is 5.79. The number of unbranched alkanes of at least 4 members (excludes halogenated alkanes) is 1. The van der Waals surface area contributed by atoms with Crippen LogP contribution in [0.1, 0.15) is 30.9 Å². The highest BCUT2D eigenvalue weighted by Crippen LogP contribution is 2.22. The van der Waals surface area contributed by atoms with Gasteiger partial charge in [0, 0.05) is 25.6 Å². The maximum absolute atomic E-state index is 11.3. The number of nitrogens with one attached hydrogen (secondary N) is 1. The van der Waals surface area contributed by atoms with E-state index >= 15 is 0 Å². The summed E-state index contributed by atoms with van der Waals surface area (Å²) in [6.45, 7) is 4.32. The van der Waals surface area contributed by atoms with E-state index in [9.17, 15) is 14.4 Å². The molecular weight excluding hydrogens is 296 g/mol. The van der Waals surface area contributed by atoms with Crippen molar-refractivity contribution < 1.29 is 19.1 Å². The number of benzene rings is 1. The Hall–Kier alpha value is -2.37. The number of amides is 2. The molecule has 6 nitrogen and oxygen atoms in total. The minimum Gasteiger partial charge on any atom is -0.496 e. The summed E-state index contributed by atoms with van der Waals surface area (Å²) >= 11 is 0. The van der Waals surface area contributed by atoms with Gasteiger partial charge < -0.3 is 19.7 Å². The maximum atomic E-state index is 11.3. The molecule has 2 amide bonds. The van der Waals surface area contributed by atoms with Crippen LogP contribution < -0.4 is 10.1 Å². The minimum absolute atomic E-state index is 0.0392. The zero-order valence-electron chi connectivity index (χ0n) is 14.3. The molecule has 0 aliphatic carbocycles. The molecule has 128 valence electrons. The first-order valence-corrected chi connectivity index (χ1v) is 7.50. The Labute approximate surface area is 137 Å². The van der Waals surface area contributed by atoms with Crippen molar-refractivity contribution in [1.29, 1.82) is 0 Å². The van der Waals surface area contributed by atoms with Crippen LogP contribution in [0.15, 0.2) is 18.2 Å². The van der Waals surface area contributed by atoms with Gasteiger partial charge in [-0.3, -0.25) is 9.59 Å². The monoisotopic (exact) mass is 322 g/mol. The summed E-state index contributed by atoms with van der Waals surface area (Å²) in [4.78, 5) is 33.1. The lowest BCUT2D eigenvalue weighted by atomic mass is 10.1. The van der Waals surface area contributed by atoms with Crippen molar-refractivity contribution in [2.75, 3.05) is 20.7 Å². The first kappa shape index (κ1) is 20.6. The molecule has 1 aromatic carbocycles. The van der Waals surface area contributed by atoms with Crippen LogP contribution in [0.5, 0.6) is 5.75 Å². The largest absolute Gasteiger partial charge is 0.496 e. The van der Waals surface area contributed by atoms with Gasteiger partial charge in [0.25, 0.3) is 0 Å². The van der Waals surface area contributed by atoms with E-state index in [4.69, 9.17) is 4.74 Å². The van der Waals surface area contributed by atoms with E-state index in [0.29, 0.717) is 19.4 Å². The summed E-state index contributed by atoms with van der Waals surface area (Å²) in [6.07, 6.45) is 3.28. The molecule has 0 saturated heterocycles. The smallest absolute Gasteiger partial charge is 0.239 e. The maximum Gasteiger partial charge on any atom is 0.239 e. The number of hydrogen-bond acceptors (Lipinski definition) is 4. The van der Waals surface area contributed by atoms with Crippen molar-refractivity contribution in [3.63, 3.8) is 0 Å². The minimum atomic E-state index is -0.199. The van der Waals surface area contributed by atoms with E-state index in [1.54, 1.807) is 14.2 Å². The molecule has 0 saturated carbocycles. The summed E-state index contributed by atoms with van der Waals surface area (Å²) in [5.41, 5.74) is 1.94. The number of aldehydes is 1. The van der Waals surface area contributed by atoms with E-state index in [2.05, 4.69) is 5.32 Å². The highest BCUT2D eigenvalue weighted by atomic mass is 16.5. The van der Waals surface area contributed by atoms with Gasteiger partial charge in [-0.15, -0.1) is 0 Å². The Morgan fingerprint density at radius 2 is 2.04 bits per heavy atom. The number of ether oxygens (including phenoxy) is 1. The summed E-state index contributed by atoms with van der Waals surface area (Å²) in [6, 6.07) is 5.67. The van der Waals surface area contributed by atoms with Crippen molar-refractivity contribution in [3.05, 3.63) is 29.3 Å². The number of carbonyl (C=O) groups excluding carboxylic acids is 3. The molecule has 0 aliphatic rings. The summed E-state index contributed by atoms with van der Waals surface area (Å²) < 4.78 is 5.26. The lowest BCUT2D eigenvalue weighted by Crippen LogP contribution is -2.34. The molecule has 0 radical (unpaired) electrons. The number of methoxy groups -OCH3 is 1. The molecule has 1 rings (SSSR count). The van der Waals surface area contributed by atoms with E-state index in [1.165, 1.54) is 4.90 Å². The van der Waals surface area contributed by atoms with Crippen molar-refractivity contribution in [2.24, 2.45) is 0 Å². The average molecular weight is 322 g/mol. The Bertz CT molecular complexity index is 503. The fourth-order valence-corrected chi connectivity index (χ4v) is 1.78. The van der Waals surface area contributed by atoms with Gasteiger partial charge in [0.1, 0.15) is 12.0 Å². The molecule has 0 unspecified atom stereocenters. The number of hydrogen-bond donors (Lipinski definition) is 1. The third kappa shape index (κ3) is 7.99. The van der Waals surface area contributed by atoms with Crippen LogP contribution in [0.2, 0.25) is 0 Å². The van der Waals surface area contributed by atoms with Crippen LogP contribution in [0.4, 0.5) is 0 Å². The number of likely N-dealkylation sites (N-methyl/N-ethyl adjacent to an activating group) is 1. The Morgan fingerprint density at radius 1 is 1.35 bits per heavy atom. The third-order valence-corrected chi connectivity index (χ3v) is 3.13. The van der Waals surface area contributed by atoms with Gasteiger partial charge >= 0.3 is 0 Å². The molecule has 0 atom stereocenters. The number of rotatable bonds is 8. The summed E-state index contributed by atoms with van der Waals surface area (Å²) in [7, 11) is 3.13. The van der Waals surface area contributed by atoms with Gasteiger partial charge in [-0.1, -0.05) is 19.1 Å². The Kier molecular flexibility index (Phi) is 10.9. The predicted molar refractivity (Wildman–Crippen MR) is 89.2 cm³/mol. The van der Waals surface area contributed by atoms with Crippen LogP contribution >= 0.6 is 0 Å². The van der Waals surface area contributed by atoms with Crippen LogP contribution in [0, 0.1) is 6.92 Å². The van der Waals surface area contributed by atoms with E-state index in [1.807, 2.05) is 32.0 Å². The standard InChI is InChI=1S/C13H18N2O3.C4H8O/c1-10-5-4-6-12(18-3)11(10)7-15(9-16)8-13(17)14-2;1-2-3-4-5/h4-6,9H,7-8H2,1-3H3,(H,14,17);4H,2-3H2,1H3. The second-order valence-electron chi connectivity index (χ2n) is 4.89. The number of aryl methyl sites for hydroxylation is 1. The van der Waals surface area contributed by atoms with Gasteiger partial charge in [0.05, 0.1) is 13.7 Å². The predicted octanol–water partition coefficient (Wildman–Crippen LogP) is 1.69. The molecule has 1 aromatic rings. The van der Waals surface area contributed by atoms with Gasteiger partial charge in [-0.25, -0.2) is 0 Å². The summed E-state index contributed by atoms with van der Waals surface area (Å²) in [5.74, 6) is 0.522. The topological polar surface area (TPSA) is 75.7 Å². The second kappa shape index (κ2) is 12.2. The molecule has 1 N–H and O–H groups in total. The lowest BCUT2D eigenvalue weighted by Gasteiger charge is -2.19. The Balaban J connectivity index is 0.000000841. The van der Waals surface area contributed by atoms with Crippen molar-refractivity contribution in [2.45, 2.75) is 33.2 Å². The SMILES string of the molecule is CCCC=O.CNC(=O)CN(C=O)Cc1c(C)cccc1OC. The van der Waals surface area contributed by atoms with Crippen LogP contribution in [-0.4, -0.2) is 44.2 Å². The normalized spacial score (nSPS) is 9.22. The van der Waals surface area contributed by atoms with Crippen molar-refractivity contribution in [3.8, 4) is 5.75 Å². The van der Waals surface area contributed by atoms with Crippen LogP contribution in [0.25, 0.3) is 0 Å². The molecule has 0 heterocycles. The zero-order valence-corrected chi connectivity index (χ0v) is 14.3. The molecule has 0 spiro atoms. The number of carbonyl (C=O) groups is 3. The fraction of sp³-hybridized carbons (Fsp3) is 0.471. The first-order chi connectivity index (χ1) is 11.0. The fourth-order valence-electron chi connectivity index (χ4n) is 1.78. The molecule has 0 fully saturated rings. The average Bonchev–Trinajstić information content (AvgIpc) is 2.56. The second-order valence-corrected chi connectivity index (χ2v) is 4.89. The molecule has 0 aliphatic heterocycles. The Morgan fingerprint density at radius 3 is 2.48 bits per heavy atom. The molecule has 6 heteroatoms. The summed E-state index contributed by atoms with van der Waals surface area (Å²) in [5, 5.41) is 2.49.